The first kappa shape index (κ1) is 19.9. The Hall–Kier alpha value is -0.1000. The van der Waals surface area contributed by atoms with E-state index in [-0.39, 0.29) is 34.7 Å². The molecule has 0 amide bonds. The van der Waals surface area contributed by atoms with Gasteiger partial charge in [-0.1, -0.05) is 18.5 Å². The molecule has 1 rings (SSSR count). The average molecular weight is 453 g/mol. The number of nitrogens with zero attached hydrogens (tertiary/aromatic N) is 1. The van der Waals surface area contributed by atoms with Crippen molar-refractivity contribution in [3.63, 3.8) is 0 Å². The van der Waals surface area contributed by atoms with Crippen LogP contribution in [0, 0.1) is 0 Å². The van der Waals surface area contributed by atoms with Crippen LogP contribution in [0.2, 0.25) is 4.34 Å². The summed E-state index contributed by atoms with van der Waals surface area (Å²) >= 11 is 6.72. The molecule has 1 aromatic heterocycles. The highest BCUT2D eigenvalue weighted by Gasteiger charge is 2.15. The topological polar surface area (TPSA) is 96.6 Å². The number of guanidine groups is 1. The fraction of sp³-hybridized carbons (Fsp3) is 0.500. The Morgan fingerprint density at radius 3 is 2.70 bits per heavy atom. The number of hydrogen-bond acceptors (Lipinski definition) is 4. The van der Waals surface area contributed by atoms with Crippen LogP contribution in [0.4, 0.5) is 0 Å². The lowest BCUT2D eigenvalue weighted by molar-refractivity contribution is 0.583. The molecule has 0 fully saturated rings. The van der Waals surface area contributed by atoms with Crippen molar-refractivity contribution >= 4 is 62.9 Å². The first-order valence-corrected chi connectivity index (χ1v) is 8.42. The monoisotopic (exact) mass is 452 g/mol. The Labute approximate surface area is 145 Å². The molecule has 0 aliphatic heterocycles. The molecule has 1 aromatic rings. The van der Waals surface area contributed by atoms with Crippen LogP contribution in [-0.2, 0) is 10.0 Å². The van der Waals surface area contributed by atoms with E-state index in [0.29, 0.717) is 23.4 Å². The highest BCUT2D eigenvalue weighted by atomic mass is 127. The van der Waals surface area contributed by atoms with E-state index in [9.17, 15) is 8.42 Å². The summed E-state index contributed by atoms with van der Waals surface area (Å²) in [6, 6.07) is 3.02. The summed E-state index contributed by atoms with van der Waals surface area (Å²) in [5, 5.41) is 2.82. The van der Waals surface area contributed by atoms with E-state index in [4.69, 9.17) is 17.3 Å². The third-order valence-electron chi connectivity index (χ3n) is 2.04. The summed E-state index contributed by atoms with van der Waals surface area (Å²) < 4.78 is 26.7. The van der Waals surface area contributed by atoms with Crippen molar-refractivity contribution in [2.45, 2.75) is 17.6 Å². The zero-order valence-corrected chi connectivity index (χ0v) is 15.6. The first-order valence-electron chi connectivity index (χ1n) is 5.74. The minimum absolute atomic E-state index is 0. The van der Waals surface area contributed by atoms with Crippen molar-refractivity contribution < 1.29 is 8.42 Å². The van der Waals surface area contributed by atoms with Crippen molar-refractivity contribution in [1.82, 2.24) is 10.0 Å². The Bertz CT molecular complexity index is 533. The van der Waals surface area contributed by atoms with Gasteiger partial charge in [-0.25, -0.2) is 13.1 Å². The van der Waals surface area contributed by atoms with Gasteiger partial charge in [0.1, 0.15) is 4.21 Å². The largest absolute Gasteiger partial charge is 0.370 e. The second-order valence-electron chi connectivity index (χ2n) is 3.65. The van der Waals surface area contributed by atoms with Gasteiger partial charge in [-0.3, -0.25) is 4.99 Å². The van der Waals surface area contributed by atoms with E-state index in [2.05, 4.69) is 15.0 Å². The van der Waals surface area contributed by atoms with Crippen molar-refractivity contribution in [3.05, 3.63) is 16.5 Å². The number of nitrogens with two attached hydrogens (primary N) is 1. The van der Waals surface area contributed by atoms with Crippen LogP contribution < -0.4 is 15.8 Å². The van der Waals surface area contributed by atoms with E-state index in [1.165, 1.54) is 6.07 Å². The van der Waals surface area contributed by atoms with E-state index in [0.717, 1.165) is 17.8 Å². The molecule has 0 aliphatic carbocycles. The van der Waals surface area contributed by atoms with Crippen molar-refractivity contribution in [2.24, 2.45) is 10.7 Å². The number of rotatable bonds is 7. The van der Waals surface area contributed by atoms with Gasteiger partial charge in [0.05, 0.1) is 4.34 Å². The minimum Gasteiger partial charge on any atom is -0.370 e. The molecule has 0 spiro atoms. The van der Waals surface area contributed by atoms with Gasteiger partial charge in [-0.05, 0) is 18.6 Å². The average Bonchev–Trinajstić information content (AvgIpc) is 2.79. The number of aliphatic imine (C=N–C) groups is 1. The van der Waals surface area contributed by atoms with Crippen LogP contribution in [0.5, 0.6) is 0 Å². The van der Waals surface area contributed by atoms with Crippen LogP contribution >= 0.6 is 46.9 Å². The molecule has 0 aromatic carbocycles. The normalized spacial score (nSPS) is 12.0. The highest BCUT2D eigenvalue weighted by molar-refractivity contribution is 14.0. The summed E-state index contributed by atoms with van der Waals surface area (Å²) in [7, 11) is -3.49. The molecule has 4 N–H and O–H groups in total. The van der Waals surface area contributed by atoms with Gasteiger partial charge in [-0.15, -0.1) is 35.3 Å². The Balaban J connectivity index is 0.00000361. The number of nitrogens with one attached hydrogen (secondary N) is 2. The molecule has 6 nitrogen and oxygen atoms in total. The second kappa shape index (κ2) is 9.77. The van der Waals surface area contributed by atoms with E-state index < -0.39 is 10.0 Å². The minimum atomic E-state index is -3.49. The van der Waals surface area contributed by atoms with Gasteiger partial charge in [-0.2, -0.15) is 0 Å². The van der Waals surface area contributed by atoms with Crippen LogP contribution in [0.25, 0.3) is 0 Å². The maximum Gasteiger partial charge on any atom is 0.250 e. The van der Waals surface area contributed by atoms with E-state index in [1.807, 2.05) is 6.92 Å². The van der Waals surface area contributed by atoms with Gasteiger partial charge < -0.3 is 11.1 Å². The van der Waals surface area contributed by atoms with Gasteiger partial charge in [0.25, 0.3) is 0 Å². The van der Waals surface area contributed by atoms with Gasteiger partial charge >= 0.3 is 0 Å². The fourth-order valence-electron chi connectivity index (χ4n) is 1.18. The summed E-state index contributed by atoms with van der Waals surface area (Å²) in [6.07, 6.45) is 0.911. The third kappa shape index (κ3) is 7.07. The molecule has 20 heavy (non-hydrogen) atoms. The van der Waals surface area contributed by atoms with Crippen LogP contribution in [0.3, 0.4) is 0 Å². The molecule has 0 saturated heterocycles. The van der Waals surface area contributed by atoms with Gasteiger partial charge in [0, 0.05) is 19.6 Å². The SMILES string of the molecule is CCCN=C(N)NCCNS(=O)(=O)c1ccc(Cl)s1.I. The van der Waals surface area contributed by atoms with Crippen LogP contribution in [0.1, 0.15) is 13.3 Å². The third-order valence-corrected chi connectivity index (χ3v) is 5.23. The molecular formula is C10H18ClIN4O2S2. The molecule has 0 saturated carbocycles. The van der Waals surface area contributed by atoms with Crippen molar-refractivity contribution in [3.8, 4) is 0 Å². The van der Waals surface area contributed by atoms with E-state index in [1.54, 1.807) is 6.07 Å². The highest BCUT2D eigenvalue weighted by Crippen LogP contribution is 2.24. The lowest BCUT2D eigenvalue weighted by Gasteiger charge is -2.07. The van der Waals surface area contributed by atoms with Crippen molar-refractivity contribution in [1.29, 1.82) is 0 Å². The number of hydrogen-bond donors (Lipinski definition) is 3. The molecule has 10 heteroatoms. The first-order chi connectivity index (χ1) is 8.95. The maximum atomic E-state index is 11.8. The molecular weight excluding hydrogens is 435 g/mol. The number of sulfonamides is 1. The number of thiophene rings is 1. The Kier molecular flexibility index (Phi) is 9.72. The molecule has 0 unspecified atom stereocenters. The molecule has 0 aliphatic rings. The molecule has 116 valence electrons. The standard InChI is InChI=1S/C10H17ClN4O2S2.HI/c1-2-5-13-10(12)14-6-7-15-19(16,17)9-4-3-8(11)18-9;/h3-4,15H,2,5-7H2,1H3,(H3,12,13,14);1H. The zero-order chi connectivity index (χ0) is 14.3. The van der Waals surface area contributed by atoms with Crippen LogP contribution in [0.15, 0.2) is 21.3 Å². The van der Waals surface area contributed by atoms with Crippen molar-refractivity contribution in [2.75, 3.05) is 19.6 Å². The molecule has 0 bridgehead atoms. The lowest BCUT2D eigenvalue weighted by atomic mass is 10.5. The van der Waals surface area contributed by atoms with Crippen LogP contribution in [-0.4, -0.2) is 34.0 Å². The van der Waals surface area contributed by atoms with Gasteiger partial charge in [0.2, 0.25) is 10.0 Å². The predicted octanol–water partition coefficient (Wildman–Crippen LogP) is 1.61. The fourth-order valence-corrected chi connectivity index (χ4v) is 3.74. The summed E-state index contributed by atoms with van der Waals surface area (Å²) in [4.78, 5) is 4.03. The summed E-state index contributed by atoms with van der Waals surface area (Å²) in [5.41, 5.74) is 5.57. The second-order valence-corrected chi connectivity index (χ2v) is 7.36. The predicted molar refractivity (Wildman–Crippen MR) is 94.7 cm³/mol. The van der Waals surface area contributed by atoms with Gasteiger partial charge in [0.15, 0.2) is 5.96 Å². The summed E-state index contributed by atoms with van der Waals surface area (Å²) in [5.74, 6) is 0.320. The quantitative estimate of drug-likeness (QED) is 0.253. The van der Waals surface area contributed by atoms with E-state index >= 15 is 0 Å². The Morgan fingerprint density at radius 1 is 1.45 bits per heavy atom. The molecule has 0 atom stereocenters. The lowest BCUT2D eigenvalue weighted by Crippen LogP contribution is -2.38. The maximum absolute atomic E-state index is 11.8. The Morgan fingerprint density at radius 2 is 2.15 bits per heavy atom. The smallest absolute Gasteiger partial charge is 0.250 e. The molecule has 0 radical (unpaired) electrons. The zero-order valence-electron chi connectivity index (χ0n) is 10.9. The number of halogens is 2. The summed E-state index contributed by atoms with van der Waals surface area (Å²) in [6.45, 7) is 3.24. The molecule has 1 heterocycles.